The van der Waals surface area contributed by atoms with Gasteiger partial charge in [-0.2, -0.15) is 5.26 Å². The number of nitriles is 1. The molecule has 0 saturated carbocycles. The van der Waals surface area contributed by atoms with E-state index < -0.39 is 5.54 Å². The molecule has 0 aromatic heterocycles. The van der Waals surface area contributed by atoms with Gasteiger partial charge in [-0.1, -0.05) is 13.8 Å². The van der Waals surface area contributed by atoms with Crippen LogP contribution in [0.5, 0.6) is 0 Å². The minimum atomic E-state index is -0.805. The summed E-state index contributed by atoms with van der Waals surface area (Å²) in [6.45, 7) is 11.5. The average Bonchev–Trinajstić information content (AvgIpc) is 2.26. The van der Waals surface area contributed by atoms with Crippen LogP contribution in [-0.2, 0) is 9.53 Å². The van der Waals surface area contributed by atoms with Gasteiger partial charge in [-0.05, 0) is 26.7 Å². The highest BCUT2D eigenvalue weighted by atomic mass is 16.5. The Hall–Kier alpha value is -1.12. The molecular weight excluding hydrogens is 242 g/mol. The largest absolute Gasteiger partial charge is 0.373 e. The summed E-state index contributed by atoms with van der Waals surface area (Å²) in [5, 5.41) is 12.0. The molecule has 5 nitrogen and oxygen atoms in total. The Morgan fingerprint density at radius 2 is 2.00 bits per heavy atom. The molecule has 1 rings (SSSR count). The summed E-state index contributed by atoms with van der Waals surface area (Å²) >= 11 is 0. The van der Waals surface area contributed by atoms with Crippen molar-refractivity contribution in [3.63, 3.8) is 0 Å². The van der Waals surface area contributed by atoms with Crippen LogP contribution in [0, 0.1) is 17.2 Å². The number of nitrogens with one attached hydrogen (secondary N) is 1. The first-order valence-electron chi connectivity index (χ1n) is 6.87. The normalized spacial score (nSPS) is 27.6. The van der Waals surface area contributed by atoms with Crippen LogP contribution in [0.25, 0.3) is 0 Å². The van der Waals surface area contributed by atoms with Crippen LogP contribution in [0.1, 0.15) is 34.6 Å². The molecule has 108 valence electrons. The van der Waals surface area contributed by atoms with E-state index in [9.17, 15) is 10.1 Å². The Balaban J connectivity index is 2.54. The first kappa shape index (κ1) is 15.9. The molecular formula is C14H25N3O2. The standard InChI is InChI=1S/C14H25N3O2/c1-10(2)14(5,9-15)16-13(18)8-17-6-11(3)19-12(4)7-17/h10-12H,6-8H2,1-5H3,(H,16,18)/t11-,12+,14-/m0/s1. The van der Waals surface area contributed by atoms with Crippen molar-refractivity contribution >= 4 is 5.91 Å². The second kappa shape index (κ2) is 6.36. The van der Waals surface area contributed by atoms with E-state index in [2.05, 4.69) is 16.3 Å². The lowest BCUT2D eigenvalue weighted by atomic mass is 9.90. The van der Waals surface area contributed by atoms with E-state index in [1.807, 2.05) is 27.7 Å². The Morgan fingerprint density at radius 3 is 2.42 bits per heavy atom. The third-order valence-electron chi connectivity index (χ3n) is 3.65. The highest BCUT2D eigenvalue weighted by molar-refractivity contribution is 5.79. The van der Waals surface area contributed by atoms with Crippen molar-refractivity contribution in [3.05, 3.63) is 0 Å². The van der Waals surface area contributed by atoms with Crippen molar-refractivity contribution in [2.45, 2.75) is 52.4 Å². The molecule has 1 saturated heterocycles. The molecule has 3 atom stereocenters. The SMILES string of the molecule is CC(C)[C@](C)(C#N)NC(=O)CN1C[C@@H](C)O[C@@H](C)C1. The fraction of sp³-hybridized carbons (Fsp3) is 0.857. The van der Waals surface area contributed by atoms with Gasteiger partial charge in [0.15, 0.2) is 0 Å². The van der Waals surface area contributed by atoms with Crippen molar-refractivity contribution in [2.24, 2.45) is 5.92 Å². The number of hydrogen-bond donors (Lipinski definition) is 1. The third-order valence-corrected chi connectivity index (χ3v) is 3.65. The zero-order chi connectivity index (χ0) is 14.6. The number of carbonyl (C=O) groups is 1. The van der Waals surface area contributed by atoms with Crippen LogP contribution in [0.3, 0.4) is 0 Å². The van der Waals surface area contributed by atoms with E-state index >= 15 is 0 Å². The summed E-state index contributed by atoms with van der Waals surface area (Å²) in [6.07, 6.45) is 0.285. The fourth-order valence-corrected chi connectivity index (χ4v) is 2.25. The summed E-state index contributed by atoms with van der Waals surface area (Å²) in [4.78, 5) is 14.1. The number of nitrogens with zero attached hydrogens (tertiary/aromatic N) is 2. The van der Waals surface area contributed by atoms with Crippen molar-refractivity contribution in [1.82, 2.24) is 10.2 Å². The van der Waals surface area contributed by atoms with E-state index in [-0.39, 0.29) is 24.0 Å². The zero-order valence-corrected chi connectivity index (χ0v) is 12.6. The van der Waals surface area contributed by atoms with Crippen LogP contribution in [-0.4, -0.2) is 48.2 Å². The quantitative estimate of drug-likeness (QED) is 0.830. The molecule has 1 N–H and O–H groups in total. The van der Waals surface area contributed by atoms with Crippen LogP contribution < -0.4 is 5.32 Å². The van der Waals surface area contributed by atoms with Crippen molar-refractivity contribution in [3.8, 4) is 6.07 Å². The topological polar surface area (TPSA) is 65.4 Å². The molecule has 0 aromatic rings. The van der Waals surface area contributed by atoms with Crippen molar-refractivity contribution in [2.75, 3.05) is 19.6 Å². The van der Waals surface area contributed by atoms with Gasteiger partial charge in [-0.15, -0.1) is 0 Å². The summed E-state index contributed by atoms with van der Waals surface area (Å²) in [5.41, 5.74) is -0.805. The number of hydrogen-bond acceptors (Lipinski definition) is 4. The van der Waals surface area contributed by atoms with Gasteiger partial charge in [0.2, 0.25) is 5.91 Å². The van der Waals surface area contributed by atoms with Gasteiger partial charge in [0.25, 0.3) is 0 Å². The molecule has 1 fully saturated rings. The Labute approximate surface area is 115 Å². The lowest BCUT2D eigenvalue weighted by Gasteiger charge is -2.35. The molecule has 19 heavy (non-hydrogen) atoms. The van der Waals surface area contributed by atoms with E-state index in [0.29, 0.717) is 6.54 Å². The molecule has 0 unspecified atom stereocenters. The van der Waals surface area contributed by atoms with Crippen molar-refractivity contribution in [1.29, 1.82) is 5.26 Å². The molecule has 1 heterocycles. The monoisotopic (exact) mass is 267 g/mol. The highest BCUT2D eigenvalue weighted by Crippen LogP contribution is 2.15. The average molecular weight is 267 g/mol. The van der Waals surface area contributed by atoms with Crippen LogP contribution in [0.2, 0.25) is 0 Å². The number of ether oxygens (including phenoxy) is 1. The van der Waals surface area contributed by atoms with E-state index in [1.165, 1.54) is 0 Å². The van der Waals surface area contributed by atoms with Crippen LogP contribution in [0.4, 0.5) is 0 Å². The van der Waals surface area contributed by atoms with Gasteiger partial charge in [-0.3, -0.25) is 9.69 Å². The minimum absolute atomic E-state index is 0.0731. The van der Waals surface area contributed by atoms with E-state index in [0.717, 1.165) is 13.1 Å². The summed E-state index contributed by atoms with van der Waals surface area (Å²) < 4.78 is 5.63. The minimum Gasteiger partial charge on any atom is -0.373 e. The van der Waals surface area contributed by atoms with Gasteiger partial charge in [0.05, 0.1) is 24.8 Å². The number of carbonyl (C=O) groups excluding carboxylic acids is 1. The smallest absolute Gasteiger partial charge is 0.235 e. The highest BCUT2D eigenvalue weighted by Gasteiger charge is 2.31. The van der Waals surface area contributed by atoms with Gasteiger partial charge in [0.1, 0.15) is 5.54 Å². The van der Waals surface area contributed by atoms with Crippen LogP contribution >= 0.6 is 0 Å². The molecule has 1 amide bonds. The molecule has 5 heteroatoms. The maximum absolute atomic E-state index is 12.1. The zero-order valence-electron chi connectivity index (χ0n) is 12.6. The number of rotatable bonds is 4. The molecule has 1 aliphatic heterocycles. The molecule has 0 aromatic carbocycles. The second-order valence-electron chi connectivity index (χ2n) is 5.97. The Bertz CT molecular complexity index is 354. The molecule has 0 bridgehead atoms. The lowest BCUT2D eigenvalue weighted by Crippen LogP contribution is -2.54. The molecule has 1 aliphatic rings. The number of morpholine rings is 1. The fourth-order valence-electron chi connectivity index (χ4n) is 2.25. The first-order chi connectivity index (χ1) is 8.76. The van der Waals surface area contributed by atoms with Gasteiger partial charge < -0.3 is 10.1 Å². The number of amides is 1. The summed E-state index contributed by atoms with van der Waals surface area (Å²) in [7, 11) is 0. The maximum atomic E-state index is 12.1. The predicted octanol–water partition coefficient (Wildman–Crippen LogP) is 1.15. The van der Waals surface area contributed by atoms with Crippen LogP contribution in [0.15, 0.2) is 0 Å². The van der Waals surface area contributed by atoms with Gasteiger partial charge in [0, 0.05) is 13.1 Å². The van der Waals surface area contributed by atoms with E-state index in [1.54, 1.807) is 6.92 Å². The maximum Gasteiger partial charge on any atom is 0.235 e. The molecule has 0 aliphatic carbocycles. The summed E-state index contributed by atoms with van der Waals surface area (Å²) in [5.74, 6) is -0.0250. The molecule has 0 radical (unpaired) electrons. The second-order valence-corrected chi connectivity index (χ2v) is 5.97. The first-order valence-corrected chi connectivity index (χ1v) is 6.87. The third kappa shape index (κ3) is 4.48. The molecule has 0 spiro atoms. The lowest BCUT2D eigenvalue weighted by molar-refractivity contribution is -0.127. The van der Waals surface area contributed by atoms with E-state index in [4.69, 9.17) is 4.74 Å². The van der Waals surface area contributed by atoms with Gasteiger partial charge >= 0.3 is 0 Å². The summed E-state index contributed by atoms with van der Waals surface area (Å²) in [6, 6.07) is 2.19. The van der Waals surface area contributed by atoms with Crippen molar-refractivity contribution < 1.29 is 9.53 Å². The Morgan fingerprint density at radius 1 is 1.47 bits per heavy atom. The van der Waals surface area contributed by atoms with Gasteiger partial charge in [-0.25, -0.2) is 0 Å². The predicted molar refractivity (Wildman–Crippen MR) is 73.4 cm³/mol. The Kier molecular flexibility index (Phi) is 5.33.